The summed E-state index contributed by atoms with van der Waals surface area (Å²) in [4.78, 5) is 140. The van der Waals surface area contributed by atoms with Crippen LogP contribution in [0.2, 0.25) is 0 Å². The molecule has 0 aromatic heterocycles. The highest BCUT2D eigenvalue weighted by Gasteiger charge is 2.48. The summed E-state index contributed by atoms with van der Waals surface area (Å²) in [5.74, 6) is -3.38. The maximum absolute atomic E-state index is 14.1. The number of Topliss-reactive ketones (excluding diaryl/α,β-unsaturated/α-hetero) is 1. The van der Waals surface area contributed by atoms with Crippen LogP contribution in [0.1, 0.15) is 253 Å². The van der Waals surface area contributed by atoms with E-state index in [1.807, 2.05) is 20.8 Å². The van der Waals surface area contributed by atoms with Crippen LogP contribution in [-0.4, -0.2) is 339 Å². The topological polar surface area (TPSA) is 600 Å². The molecule has 748 valence electrons. The molecular formula is C87H158N10O31P-. The van der Waals surface area contributed by atoms with Crippen LogP contribution < -0.4 is 53.2 Å². The summed E-state index contributed by atoms with van der Waals surface area (Å²) < 4.78 is 70.6. The van der Waals surface area contributed by atoms with Crippen LogP contribution in [0.25, 0.3) is 0 Å². The molecule has 129 heavy (non-hydrogen) atoms. The van der Waals surface area contributed by atoms with Gasteiger partial charge in [0, 0.05) is 143 Å². The zero-order valence-corrected chi connectivity index (χ0v) is 78.0. The maximum atomic E-state index is 14.1. The third-order valence-electron chi connectivity index (χ3n) is 22.0. The third-order valence-corrected chi connectivity index (χ3v) is 24.6. The lowest BCUT2D eigenvalue weighted by Crippen LogP contribution is -2.64. The van der Waals surface area contributed by atoms with E-state index in [4.69, 9.17) is 47.2 Å². The molecule has 3 aliphatic heterocycles. The molecule has 42 heteroatoms. The van der Waals surface area contributed by atoms with Crippen molar-refractivity contribution in [3.05, 3.63) is 6.66 Å². The van der Waals surface area contributed by atoms with E-state index in [1.54, 1.807) is 0 Å². The molecule has 3 saturated heterocycles. The van der Waals surface area contributed by atoms with Crippen molar-refractivity contribution in [2.45, 2.75) is 356 Å². The average molecular weight is 1870 g/mol. The molecule has 0 bridgehead atoms. The number of carbonyl (C=O) groups excluding carboxylic acids is 11. The van der Waals surface area contributed by atoms with Gasteiger partial charge in [-0.25, -0.2) is 0 Å². The zero-order chi connectivity index (χ0) is 95.4. The van der Waals surface area contributed by atoms with Crippen molar-refractivity contribution >= 4 is 72.2 Å². The van der Waals surface area contributed by atoms with E-state index in [2.05, 4.69) is 59.8 Å². The lowest BCUT2D eigenvalue weighted by Gasteiger charge is -2.42. The van der Waals surface area contributed by atoms with Crippen LogP contribution in [0, 0.1) is 6.66 Å². The molecule has 3 aliphatic rings. The van der Waals surface area contributed by atoms with E-state index in [0.29, 0.717) is 90.2 Å². The Hall–Kier alpha value is -6.16. The number of hydrogen-bond donors (Lipinski definition) is 19. The molecule has 0 saturated carbocycles. The minimum Gasteiger partial charge on any atom is -0.394 e. The molecule has 0 aromatic carbocycles. The van der Waals surface area contributed by atoms with Crippen LogP contribution in [0.15, 0.2) is 0 Å². The lowest BCUT2D eigenvalue weighted by atomic mass is 9.97. The largest absolute Gasteiger partial charge is 0.394 e. The summed E-state index contributed by atoms with van der Waals surface area (Å²) in [6.07, 6.45) is 2.14. The number of hydrogen-bond acceptors (Lipinski definition) is 31. The molecule has 3 fully saturated rings. The Kier molecular flexibility index (Phi) is 61.6. The Labute approximate surface area is 760 Å². The summed E-state index contributed by atoms with van der Waals surface area (Å²) >= 11 is 0. The second-order valence-corrected chi connectivity index (χ2v) is 37.4. The van der Waals surface area contributed by atoms with Crippen molar-refractivity contribution in [3.63, 3.8) is 0 Å². The first-order valence-electron chi connectivity index (χ1n) is 46.4. The normalized spacial score (nSPS) is 23.2. The second-order valence-electron chi connectivity index (χ2n) is 34.4. The van der Waals surface area contributed by atoms with E-state index in [-0.39, 0.29) is 191 Å². The van der Waals surface area contributed by atoms with Crippen molar-refractivity contribution in [3.8, 4) is 0 Å². The highest BCUT2D eigenvalue weighted by molar-refractivity contribution is 7.61. The SMILES string of the molecule is [CH2-]P(=O)(OCCCCCCCCNC(=O)CCCCCCCCCCC(=O)NC(COCCC(=O)NCCCCC(=O)CCCCO[C@@H]1OC(CO)[C@@H](O)[C@H](O)C1NC(C)=O)(COCCC(=O)NCCCNC(=O)CCCCO[C@@H]1OC(CO)[C@@H](O)[C@H](O)C1NC(C)=O)COCCC(=O)NCCCNC(=O)CCCCO[C@@H]1OC(CO)[C@@H](O)[C@H](O)C1NC(C)=O)C(C)(C)C. The standard InChI is InChI=1S/C87H158N10O31P/c1-60(101)94-74-80(115)77(112)64(54-98)126-83(74)122-47-27-21-33-63(104)32-20-25-42-89-70(108)38-51-119-57-87(97-73(111)37-19-15-11-9-8-10-14-18-34-67(105)88-41-24-16-12-13-17-26-50-125-129(7,118)86(4,5)6,58-120-52-39-71(109)92-45-30-43-90-68(106)35-22-28-48-123-84-75(95-61(2)102)81(116)78(113)65(55-99)127-84)59-121-53-40-72(110)93-46-31-44-91-69(107)36-23-29-49-124-85-76(96-62(3)103)82(117)79(114)66(56-100)128-85/h64-66,74-85,98-100,112-117H,7-59H2,1-6H3,(H,88,105)(H,89,108)(H,90,106)(H,91,107)(H,92,109)(H,93,110)(H,94,101)(H,95,102)(H,96,103)(H,97,111)/q-1/t64?,65?,66?,74?,75?,76?,77-,78-,79-,80-,81-,82-,83-,84-,85-,87?,129?/m1/s1. The Balaban J connectivity index is 1.58. The van der Waals surface area contributed by atoms with Gasteiger partial charge < -0.3 is 151 Å². The predicted octanol–water partition coefficient (Wildman–Crippen LogP) is 0.796. The van der Waals surface area contributed by atoms with E-state index >= 15 is 0 Å². The first-order chi connectivity index (χ1) is 61.6. The molecule has 3 rings (SSSR count). The third kappa shape index (κ3) is 51.2. The average Bonchev–Trinajstić information content (AvgIpc) is 0.815. The molecule has 0 aromatic rings. The van der Waals surface area contributed by atoms with Gasteiger partial charge in [-0.2, -0.15) is 0 Å². The van der Waals surface area contributed by atoms with Gasteiger partial charge in [0.1, 0.15) is 84.4 Å². The first kappa shape index (κ1) is 117. The minimum atomic E-state index is -2.91. The summed E-state index contributed by atoms with van der Waals surface area (Å²) in [5.41, 5.74) is -1.42. The molecule has 16 atom stereocenters. The fraction of sp³-hybridized carbons (Fsp3) is 0.862. The number of aliphatic hydroxyl groups excluding tert-OH is 9. The molecule has 19 N–H and O–H groups in total. The Bertz CT molecular complexity index is 3000. The first-order valence-corrected chi connectivity index (χ1v) is 48.2. The van der Waals surface area contributed by atoms with E-state index < -0.39 is 148 Å². The van der Waals surface area contributed by atoms with Gasteiger partial charge in [0.05, 0.1) is 73.4 Å². The van der Waals surface area contributed by atoms with Crippen LogP contribution >= 0.6 is 7.37 Å². The Morgan fingerprint density at radius 3 is 0.899 bits per heavy atom. The molecular weight excluding hydrogens is 1710 g/mol. The minimum absolute atomic E-state index is 0.00290. The molecule has 7 unspecified atom stereocenters. The van der Waals surface area contributed by atoms with Gasteiger partial charge in [0.2, 0.25) is 59.1 Å². The number of unbranched alkanes of at least 4 members (excludes halogenated alkanes) is 16. The van der Waals surface area contributed by atoms with E-state index in [1.165, 1.54) is 20.8 Å². The molecule has 3 heterocycles. The van der Waals surface area contributed by atoms with Crippen LogP contribution in [-0.2, 0) is 104 Å². The van der Waals surface area contributed by atoms with E-state index in [9.17, 15) is 103 Å². The number of carbonyl (C=O) groups is 11. The lowest BCUT2D eigenvalue weighted by molar-refractivity contribution is -0.270. The number of amides is 10. The smallest absolute Gasteiger partial charge is 0.222 e. The van der Waals surface area contributed by atoms with Gasteiger partial charge in [0.25, 0.3) is 0 Å². The highest BCUT2D eigenvalue weighted by atomic mass is 31.2. The molecule has 41 nitrogen and oxygen atoms in total. The number of nitrogens with one attached hydrogen (secondary N) is 10. The van der Waals surface area contributed by atoms with Crippen molar-refractivity contribution in [1.29, 1.82) is 0 Å². The van der Waals surface area contributed by atoms with Gasteiger partial charge in [-0.3, -0.25) is 59.4 Å². The van der Waals surface area contributed by atoms with Gasteiger partial charge in [-0.1, -0.05) is 85.0 Å². The Morgan fingerprint density at radius 2 is 0.581 bits per heavy atom. The van der Waals surface area contributed by atoms with Gasteiger partial charge >= 0.3 is 0 Å². The maximum Gasteiger partial charge on any atom is 0.222 e. The fourth-order valence-corrected chi connectivity index (χ4v) is 15.0. The molecule has 10 amide bonds. The van der Waals surface area contributed by atoms with Gasteiger partial charge in [0.15, 0.2) is 18.9 Å². The van der Waals surface area contributed by atoms with Crippen LogP contribution in [0.4, 0.5) is 0 Å². The quantitative estimate of drug-likeness (QED) is 0.0227. The number of ether oxygens (including phenoxy) is 9. The molecule has 0 radical (unpaired) electrons. The van der Waals surface area contributed by atoms with Gasteiger partial charge in [-0.15, -0.1) is 0 Å². The fourth-order valence-electron chi connectivity index (χ4n) is 14.1. The van der Waals surface area contributed by atoms with Crippen molar-refractivity contribution in [1.82, 2.24) is 53.2 Å². The number of ketones is 1. The number of rotatable bonds is 74. The molecule has 0 spiro atoms. The second kappa shape index (κ2) is 67.9. The van der Waals surface area contributed by atoms with Crippen molar-refractivity contribution < 1.29 is 150 Å². The van der Waals surface area contributed by atoms with Crippen molar-refractivity contribution in [2.75, 3.05) is 125 Å². The zero-order valence-electron chi connectivity index (χ0n) is 77.1. The number of aliphatic hydroxyl groups is 9. The highest BCUT2D eigenvalue weighted by Crippen LogP contribution is 2.57. The van der Waals surface area contributed by atoms with Gasteiger partial charge in [-0.05, 0) is 89.9 Å². The van der Waals surface area contributed by atoms with E-state index in [0.717, 1.165) is 83.5 Å². The monoisotopic (exact) mass is 1870 g/mol. The van der Waals surface area contributed by atoms with Crippen LogP contribution in [0.5, 0.6) is 0 Å². The Morgan fingerprint density at radius 1 is 0.326 bits per heavy atom. The summed E-state index contributed by atoms with van der Waals surface area (Å²) in [7, 11) is -2.91. The summed E-state index contributed by atoms with van der Waals surface area (Å²) in [5, 5.41) is 118. The summed E-state index contributed by atoms with van der Waals surface area (Å²) in [6.45, 7) is 12.7. The molecule has 0 aliphatic carbocycles. The van der Waals surface area contributed by atoms with Crippen LogP contribution in [0.3, 0.4) is 0 Å². The predicted molar refractivity (Wildman–Crippen MR) is 471 cm³/mol. The van der Waals surface area contributed by atoms with Crippen molar-refractivity contribution in [2.24, 2.45) is 0 Å². The summed E-state index contributed by atoms with van der Waals surface area (Å²) in [6, 6.07) is -3.28.